The topological polar surface area (TPSA) is 35.5 Å². The second-order valence-electron chi connectivity index (χ2n) is 6.44. The number of hydrogen-bond donors (Lipinski definition) is 0. The number of thiophene rings is 1. The third-order valence-electron chi connectivity index (χ3n) is 4.51. The standard InChI is InChI=1S/C21H22F3O3PS/c1-3-26-28(25,27-4-2)18(20-14-16-10-6-8-12-19(16)29-20)13-15-9-5-7-11-17(15)21(22,23)24/h5-12,14,18H,3-4,13H2,1-2H3. The van der Waals surface area contributed by atoms with Gasteiger partial charge in [-0.3, -0.25) is 4.57 Å². The van der Waals surface area contributed by atoms with E-state index in [-0.39, 0.29) is 25.2 Å². The number of halogens is 3. The van der Waals surface area contributed by atoms with Crippen LogP contribution in [0.3, 0.4) is 0 Å². The highest BCUT2D eigenvalue weighted by Crippen LogP contribution is 2.63. The highest BCUT2D eigenvalue weighted by Gasteiger charge is 2.40. The molecule has 0 aliphatic rings. The van der Waals surface area contributed by atoms with Gasteiger partial charge in [0.05, 0.1) is 24.4 Å². The Kier molecular flexibility index (Phi) is 6.84. The van der Waals surface area contributed by atoms with Crippen LogP contribution >= 0.6 is 18.9 Å². The van der Waals surface area contributed by atoms with E-state index in [1.54, 1.807) is 19.9 Å². The lowest BCUT2D eigenvalue weighted by atomic mass is 10.0. The van der Waals surface area contributed by atoms with Gasteiger partial charge in [-0.15, -0.1) is 11.3 Å². The fourth-order valence-electron chi connectivity index (χ4n) is 3.30. The minimum atomic E-state index is -4.50. The molecule has 0 radical (unpaired) electrons. The van der Waals surface area contributed by atoms with Gasteiger partial charge in [0.15, 0.2) is 0 Å². The molecule has 1 unspecified atom stereocenters. The van der Waals surface area contributed by atoms with Crippen molar-refractivity contribution in [1.29, 1.82) is 0 Å². The highest BCUT2D eigenvalue weighted by molar-refractivity contribution is 7.54. The van der Waals surface area contributed by atoms with Crippen LogP contribution in [-0.4, -0.2) is 13.2 Å². The third-order valence-corrected chi connectivity index (χ3v) is 8.37. The Hall–Kier alpha value is -1.66. The molecule has 3 aromatic rings. The molecule has 3 rings (SSSR count). The van der Waals surface area contributed by atoms with E-state index in [4.69, 9.17) is 9.05 Å². The number of hydrogen-bond acceptors (Lipinski definition) is 4. The van der Waals surface area contributed by atoms with Crippen LogP contribution < -0.4 is 0 Å². The van der Waals surface area contributed by atoms with Crippen LogP contribution in [0.1, 0.15) is 35.5 Å². The summed E-state index contributed by atoms with van der Waals surface area (Å²) in [5, 5.41) is 0.946. The molecule has 0 N–H and O–H groups in total. The molecule has 156 valence electrons. The van der Waals surface area contributed by atoms with Crippen LogP contribution in [0.2, 0.25) is 0 Å². The molecule has 1 atom stereocenters. The van der Waals surface area contributed by atoms with Crippen molar-refractivity contribution in [1.82, 2.24) is 0 Å². The maximum Gasteiger partial charge on any atom is 0.416 e. The molecule has 29 heavy (non-hydrogen) atoms. The van der Waals surface area contributed by atoms with Gasteiger partial charge >= 0.3 is 13.8 Å². The van der Waals surface area contributed by atoms with Gasteiger partial charge in [0, 0.05) is 9.58 Å². The highest BCUT2D eigenvalue weighted by atomic mass is 32.1. The molecule has 0 saturated heterocycles. The number of alkyl halides is 3. The Morgan fingerprint density at radius 3 is 2.24 bits per heavy atom. The average Bonchev–Trinajstić information content (AvgIpc) is 3.09. The summed E-state index contributed by atoms with van der Waals surface area (Å²) < 4.78 is 66.3. The normalized spacial score (nSPS) is 13.7. The summed E-state index contributed by atoms with van der Waals surface area (Å²) in [4.78, 5) is 0.688. The second-order valence-corrected chi connectivity index (χ2v) is 9.77. The molecular formula is C21H22F3O3PS. The van der Waals surface area contributed by atoms with Crippen LogP contribution in [0.25, 0.3) is 10.1 Å². The summed E-state index contributed by atoms with van der Waals surface area (Å²) in [6.07, 6.45) is -4.59. The predicted octanol–water partition coefficient (Wildman–Crippen LogP) is 7.47. The molecule has 0 saturated carbocycles. The van der Waals surface area contributed by atoms with Crippen LogP contribution in [0.15, 0.2) is 54.6 Å². The first-order chi connectivity index (χ1) is 13.8. The zero-order valence-electron chi connectivity index (χ0n) is 16.1. The molecule has 1 aromatic heterocycles. The second kappa shape index (κ2) is 9.00. The van der Waals surface area contributed by atoms with Crippen LogP contribution in [0.4, 0.5) is 13.2 Å². The average molecular weight is 442 g/mol. The molecule has 0 fully saturated rings. The van der Waals surface area contributed by atoms with Crippen molar-refractivity contribution in [2.24, 2.45) is 0 Å². The van der Waals surface area contributed by atoms with E-state index in [1.165, 1.54) is 23.5 Å². The molecular weight excluding hydrogens is 420 g/mol. The number of fused-ring (bicyclic) bond motifs is 1. The Balaban J connectivity index is 2.12. The molecule has 0 aliphatic heterocycles. The molecule has 1 heterocycles. The van der Waals surface area contributed by atoms with Crippen LogP contribution in [0.5, 0.6) is 0 Å². The van der Waals surface area contributed by atoms with Gasteiger partial charge in [0.1, 0.15) is 0 Å². The summed E-state index contributed by atoms with van der Waals surface area (Å²) in [6, 6.07) is 14.9. The summed E-state index contributed by atoms with van der Waals surface area (Å²) in [7, 11) is -3.70. The lowest BCUT2D eigenvalue weighted by molar-refractivity contribution is -0.138. The summed E-state index contributed by atoms with van der Waals surface area (Å²) in [6.45, 7) is 3.66. The minimum Gasteiger partial charge on any atom is -0.308 e. The van der Waals surface area contributed by atoms with Crippen molar-refractivity contribution in [3.8, 4) is 0 Å². The van der Waals surface area contributed by atoms with Gasteiger partial charge in [-0.05, 0) is 49.4 Å². The van der Waals surface area contributed by atoms with Crippen molar-refractivity contribution < 1.29 is 26.8 Å². The summed E-state index contributed by atoms with van der Waals surface area (Å²) in [5.41, 5.74) is -1.49. The molecule has 0 aliphatic carbocycles. The monoisotopic (exact) mass is 442 g/mol. The fourth-order valence-corrected chi connectivity index (χ4v) is 6.85. The first-order valence-corrected chi connectivity index (χ1v) is 11.7. The van der Waals surface area contributed by atoms with Gasteiger partial charge in [0.2, 0.25) is 0 Å². The predicted molar refractivity (Wildman–Crippen MR) is 111 cm³/mol. The van der Waals surface area contributed by atoms with Crippen LogP contribution in [0, 0.1) is 0 Å². The zero-order chi connectivity index (χ0) is 21.1. The van der Waals surface area contributed by atoms with Gasteiger partial charge in [-0.25, -0.2) is 0 Å². The maximum atomic E-state index is 13.6. The first-order valence-electron chi connectivity index (χ1n) is 9.31. The lowest BCUT2D eigenvalue weighted by Gasteiger charge is -2.26. The lowest BCUT2D eigenvalue weighted by Crippen LogP contribution is -2.13. The Morgan fingerprint density at radius 1 is 1.00 bits per heavy atom. The molecule has 3 nitrogen and oxygen atoms in total. The van der Waals surface area contributed by atoms with Crippen molar-refractivity contribution in [3.05, 3.63) is 70.6 Å². The molecule has 0 bridgehead atoms. The molecule has 2 aromatic carbocycles. The van der Waals surface area contributed by atoms with Gasteiger partial charge < -0.3 is 9.05 Å². The van der Waals surface area contributed by atoms with Crippen molar-refractivity contribution in [2.75, 3.05) is 13.2 Å². The van der Waals surface area contributed by atoms with E-state index in [0.717, 1.165) is 16.2 Å². The summed E-state index contributed by atoms with van der Waals surface area (Å²) >= 11 is 1.40. The van der Waals surface area contributed by atoms with E-state index in [2.05, 4.69) is 0 Å². The Morgan fingerprint density at radius 2 is 1.62 bits per heavy atom. The first kappa shape index (κ1) is 22.0. The van der Waals surface area contributed by atoms with Crippen LogP contribution in [-0.2, 0) is 26.2 Å². The number of benzene rings is 2. The summed E-state index contributed by atoms with van der Waals surface area (Å²) in [5.74, 6) is 0. The quantitative estimate of drug-likeness (QED) is 0.340. The van der Waals surface area contributed by atoms with E-state index in [0.29, 0.717) is 4.88 Å². The Bertz CT molecular complexity index is 973. The Labute approximate surface area is 172 Å². The molecule has 0 spiro atoms. The molecule has 8 heteroatoms. The third kappa shape index (κ3) is 4.92. The largest absolute Gasteiger partial charge is 0.416 e. The van der Waals surface area contributed by atoms with Gasteiger partial charge in [-0.1, -0.05) is 36.4 Å². The van der Waals surface area contributed by atoms with Crippen molar-refractivity contribution in [3.63, 3.8) is 0 Å². The maximum absolute atomic E-state index is 13.6. The number of rotatable bonds is 8. The van der Waals surface area contributed by atoms with Crippen molar-refractivity contribution >= 4 is 29.0 Å². The van der Waals surface area contributed by atoms with Gasteiger partial charge in [0.25, 0.3) is 0 Å². The smallest absolute Gasteiger partial charge is 0.308 e. The van der Waals surface area contributed by atoms with E-state index >= 15 is 0 Å². The SMILES string of the molecule is CCOP(=O)(OCC)C(Cc1ccccc1C(F)(F)F)c1cc2ccccc2s1. The van der Waals surface area contributed by atoms with E-state index in [9.17, 15) is 17.7 Å². The zero-order valence-corrected chi connectivity index (χ0v) is 17.8. The van der Waals surface area contributed by atoms with E-state index in [1.807, 2.05) is 30.3 Å². The minimum absolute atomic E-state index is 0.0714. The van der Waals surface area contributed by atoms with E-state index < -0.39 is 25.0 Å². The fraction of sp³-hybridized carbons (Fsp3) is 0.333. The molecule has 0 amide bonds. The van der Waals surface area contributed by atoms with Gasteiger partial charge in [-0.2, -0.15) is 13.2 Å². The van der Waals surface area contributed by atoms with Crippen molar-refractivity contribution in [2.45, 2.75) is 32.1 Å².